The molecule has 0 aliphatic carbocycles. The molecule has 3 aromatic rings. The van der Waals surface area contributed by atoms with Crippen molar-refractivity contribution in [2.24, 2.45) is 0 Å². The van der Waals surface area contributed by atoms with Crippen LogP contribution in [-0.4, -0.2) is 6.29 Å². The van der Waals surface area contributed by atoms with Gasteiger partial charge in [0.15, 0.2) is 17.1 Å². The van der Waals surface area contributed by atoms with Gasteiger partial charge in [0.2, 0.25) is 0 Å². The van der Waals surface area contributed by atoms with E-state index in [1.165, 1.54) is 22.5 Å². The van der Waals surface area contributed by atoms with Crippen LogP contribution in [0.3, 0.4) is 0 Å². The molecule has 2 nitrogen and oxygen atoms in total. The zero-order valence-corrected chi connectivity index (χ0v) is 10.3. The third-order valence-electron chi connectivity index (χ3n) is 2.68. The first-order chi connectivity index (χ1) is 8.86. The van der Waals surface area contributed by atoms with E-state index in [1.807, 2.05) is 24.3 Å². The molecule has 0 saturated carbocycles. The van der Waals surface area contributed by atoms with E-state index >= 15 is 0 Å². The quantitative estimate of drug-likeness (QED) is 0.649. The van der Waals surface area contributed by atoms with Gasteiger partial charge in [-0.3, -0.25) is 4.79 Å². The highest BCUT2D eigenvalue weighted by Crippen LogP contribution is 2.34. The number of furan rings is 1. The summed E-state index contributed by atoms with van der Waals surface area (Å²) in [6.45, 7) is 0. The van der Waals surface area contributed by atoms with Gasteiger partial charge in [-0.25, -0.2) is 0 Å². The number of hydrogen-bond acceptors (Lipinski definition) is 3. The highest BCUT2D eigenvalue weighted by molar-refractivity contribution is 7.99. The van der Waals surface area contributed by atoms with Gasteiger partial charge >= 0.3 is 0 Å². The monoisotopic (exact) mass is 254 g/mol. The van der Waals surface area contributed by atoms with Gasteiger partial charge in [0.05, 0.1) is 0 Å². The molecular formula is C15H10O2S. The summed E-state index contributed by atoms with van der Waals surface area (Å²) in [7, 11) is 0. The zero-order chi connectivity index (χ0) is 12.4. The summed E-state index contributed by atoms with van der Waals surface area (Å²) < 4.78 is 5.38. The number of aldehydes is 1. The predicted octanol–water partition coefficient (Wildman–Crippen LogP) is 4.40. The molecule has 0 spiro atoms. The van der Waals surface area contributed by atoms with Crippen molar-refractivity contribution in [3.05, 3.63) is 60.4 Å². The first-order valence-electron chi connectivity index (χ1n) is 5.57. The van der Waals surface area contributed by atoms with Crippen molar-refractivity contribution in [3.63, 3.8) is 0 Å². The Morgan fingerprint density at radius 2 is 1.78 bits per heavy atom. The number of benzene rings is 2. The average molecular weight is 254 g/mol. The molecule has 0 bridgehead atoms. The summed E-state index contributed by atoms with van der Waals surface area (Å²) >= 11 is 1.53. The summed E-state index contributed by atoms with van der Waals surface area (Å²) in [5.74, 6) is 0.359. The van der Waals surface area contributed by atoms with Crippen molar-refractivity contribution in [2.75, 3.05) is 0 Å². The van der Waals surface area contributed by atoms with E-state index in [0.717, 1.165) is 9.99 Å². The molecule has 3 heteroatoms. The molecule has 0 atom stereocenters. The van der Waals surface area contributed by atoms with Crippen LogP contribution in [0.5, 0.6) is 0 Å². The highest BCUT2D eigenvalue weighted by Gasteiger charge is 2.06. The van der Waals surface area contributed by atoms with E-state index in [1.54, 1.807) is 6.07 Å². The van der Waals surface area contributed by atoms with Gasteiger partial charge in [0.25, 0.3) is 0 Å². The molecule has 0 N–H and O–H groups in total. The second kappa shape index (κ2) is 4.70. The van der Waals surface area contributed by atoms with E-state index < -0.39 is 0 Å². The Labute approximate surface area is 109 Å². The lowest BCUT2D eigenvalue weighted by atomic mass is 10.1. The van der Waals surface area contributed by atoms with Gasteiger partial charge < -0.3 is 4.42 Å². The van der Waals surface area contributed by atoms with Gasteiger partial charge in [-0.15, -0.1) is 0 Å². The third-order valence-corrected chi connectivity index (χ3v) is 3.67. The van der Waals surface area contributed by atoms with Gasteiger partial charge in [0, 0.05) is 4.90 Å². The molecule has 0 saturated heterocycles. The first kappa shape index (κ1) is 11.1. The summed E-state index contributed by atoms with van der Waals surface area (Å²) in [4.78, 5) is 11.7. The molecule has 0 aliphatic heterocycles. The van der Waals surface area contributed by atoms with Crippen LogP contribution in [0.2, 0.25) is 0 Å². The number of carbonyl (C=O) groups is 1. The van der Waals surface area contributed by atoms with Crippen molar-refractivity contribution in [1.82, 2.24) is 0 Å². The minimum absolute atomic E-state index is 0.359. The molecule has 0 aliphatic rings. The Morgan fingerprint density at radius 3 is 2.61 bits per heavy atom. The molecule has 1 heterocycles. The Hall–Kier alpha value is -2.00. The number of carbonyl (C=O) groups excluding carboxylic acids is 1. The van der Waals surface area contributed by atoms with Crippen molar-refractivity contribution in [3.8, 4) is 0 Å². The lowest BCUT2D eigenvalue weighted by Gasteiger charge is -2.03. The first-order valence-corrected chi connectivity index (χ1v) is 6.39. The van der Waals surface area contributed by atoms with Crippen LogP contribution in [0.1, 0.15) is 10.6 Å². The maximum absolute atomic E-state index is 10.6. The van der Waals surface area contributed by atoms with Crippen LogP contribution in [0, 0.1) is 0 Å². The number of fused-ring (bicyclic) bond motifs is 1. The zero-order valence-electron chi connectivity index (χ0n) is 9.50. The summed E-state index contributed by atoms with van der Waals surface area (Å²) in [6.07, 6.45) is 0.715. The topological polar surface area (TPSA) is 30.2 Å². The normalized spacial score (nSPS) is 10.7. The van der Waals surface area contributed by atoms with Crippen LogP contribution in [-0.2, 0) is 0 Å². The van der Waals surface area contributed by atoms with E-state index in [9.17, 15) is 4.79 Å². The molecule has 3 rings (SSSR count). The average Bonchev–Trinajstić information content (AvgIpc) is 2.87. The smallest absolute Gasteiger partial charge is 0.185 e. The highest BCUT2D eigenvalue weighted by atomic mass is 32.2. The molecule has 1 aromatic heterocycles. The SMILES string of the molecule is O=Cc1ccc(Sc2cccc3ccccc23)o1. The van der Waals surface area contributed by atoms with Crippen LogP contribution in [0.4, 0.5) is 0 Å². The molecule has 88 valence electrons. The maximum atomic E-state index is 10.6. The Bertz CT molecular complexity index is 695. The summed E-state index contributed by atoms with van der Waals surface area (Å²) in [6, 6.07) is 17.9. The molecule has 0 fully saturated rings. The second-order valence-corrected chi connectivity index (χ2v) is 4.90. The summed E-state index contributed by atoms with van der Waals surface area (Å²) in [5.41, 5.74) is 0. The maximum Gasteiger partial charge on any atom is 0.185 e. The predicted molar refractivity (Wildman–Crippen MR) is 72.2 cm³/mol. The van der Waals surface area contributed by atoms with E-state index in [-0.39, 0.29) is 0 Å². The van der Waals surface area contributed by atoms with E-state index in [4.69, 9.17) is 4.42 Å². The lowest BCUT2D eigenvalue weighted by Crippen LogP contribution is -1.76. The van der Waals surface area contributed by atoms with Gasteiger partial charge in [-0.2, -0.15) is 0 Å². The Morgan fingerprint density at radius 1 is 0.944 bits per heavy atom. The molecule has 0 unspecified atom stereocenters. The van der Waals surface area contributed by atoms with Gasteiger partial charge in [-0.1, -0.05) is 48.2 Å². The lowest BCUT2D eigenvalue weighted by molar-refractivity contribution is 0.109. The fourth-order valence-electron chi connectivity index (χ4n) is 1.85. The molecule has 2 aromatic carbocycles. The van der Waals surface area contributed by atoms with Gasteiger partial charge in [-0.05, 0) is 29.0 Å². The van der Waals surface area contributed by atoms with Crippen LogP contribution >= 0.6 is 11.8 Å². The Balaban J connectivity index is 2.01. The number of hydrogen-bond donors (Lipinski definition) is 0. The van der Waals surface area contributed by atoms with Crippen LogP contribution in [0.15, 0.2) is 69.0 Å². The number of rotatable bonds is 3. The Kier molecular flexibility index (Phi) is 2.90. The minimum Gasteiger partial charge on any atom is -0.447 e. The van der Waals surface area contributed by atoms with Crippen LogP contribution < -0.4 is 0 Å². The van der Waals surface area contributed by atoms with Crippen molar-refractivity contribution >= 4 is 28.8 Å². The summed E-state index contributed by atoms with van der Waals surface area (Å²) in [5, 5.41) is 3.12. The molecule has 0 amide bonds. The van der Waals surface area contributed by atoms with E-state index in [2.05, 4.69) is 24.3 Å². The largest absolute Gasteiger partial charge is 0.447 e. The molecular weight excluding hydrogens is 244 g/mol. The third kappa shape index (κ3) is 2.05. The van der Waals surface area contributed by atoms with Crippen LogP contribution in [0.25, 0.3) is 10.8 Å². The van der Waals surface area contributed by atoms with E-state index in [0.29, 0.717) is 12.0 Å². The molecule has 18 heavy (non-hydrogen) atoms. The standard InChI is InChI=1S/C15H10O2S/c16-10-12-8-9-15(17-12)18-14-7-3-5-11-4-1-2-6-13(11)14/h1-10H. The van der Waals surface area contributed by atoms with Crippen molar-refractivity contribution in [1.29, 1.82) is 0 Å². The van der Waals surface area contributed by atoms with Gasteiger partial charge in [0.1, 0.15) is 0 Å². The molecule has 0 radical (unpaired) electrons. The van der Waals surface area contributed by atoms with Crippen molar-refractivity contribution in [2.45, 2.75) is 9.99 Å². The fraction of sp³-hybridized carbons (Fsp3) is 0. The fourth-order valence-corrected chi connectivity index (χ4v) is 2.78. The second-order valence-electron chi connectivity index (χ2n) is 3.85. The minimum atomic E-state index is 0.359. The van der Waals surface area contributed by atoms with Crippen molar-refractivity contribution < 1.29 is 9.21 Å².